The molecule has 1 nitrogen and oxygen atoms in total. The molecule has 0 amide bonds. The number of nitrogens with one attached hydrogen (secondary N) is 1. The lowest BCUT2D eigenvalue weighted by Crippen LogP contribution is -2.17. The molecule has 202 valence electrons. The van der Waals surface area contributed by atoms with Crippen LogP contribution in [0.25, 0.3) is 49.9 Å². The van der Waals surface area contributed by atoms with Gasteiger partial charge in [-0.1, -0.05) is 134 Å². The lowest BCUT2D eigenvalue weighted by atomic mass is 9.78. The molecule has 1 heterocycles. The second-order valence-electron chi connectivity index (χ2n) is 11.5. The minimum Gasteiger partial charge on any atom is -0.381 e. The molecule has 3 aliphatic rings. The van der Waals surface area contributed by atoms with Gasteiger partial charge in [-0.25, -0.2) is 0 Å². The summed E-state index contributed by atoms with van der Waals surface area (Å²) in [7, 11) is 0. The van der Waals surface area contributed by atoms with Crippen molar-refractivity contribution in [3.05, 3.63) is 161 Å². The number of hydrogen-bond donors (Lipinski definition) is 1. The van der Waals surface area contributed by atoms with E-state index in [1.54, 1.807) is 0 Å². The summed E-state index contributed by atoms with van der Waals surface area (Å²) < 4.78 is 0. The Balaban J connectivity index is 1.33. The third-order valence-corrected chi connectivity index (χ3v) is 9.12. The van der Waals surface area contributed by atoms with Crippen molar-refractivity contribution in [1.82, 2.24) is 5.32 Å². The lowest BCUT2D eigenvalue weighted by Gasteiger charge is -2.26. The molecular weight excluding hydrogens is 506 g/mol. The van der Waals surface area contributed by atoms with Crippen LogP contribution in [0.15, 0.2) is 145 Å². The van der Waals surface area contributed by atoms with Crippen LogP contribution in [0.3, 0.4) is 0 Å². The molecule has 0 fully saturated rings. The standard InChI is InChI=1S/C41H33N/c1-2-12-28(13-3-1)31-25-26-38(33-15-5-4-14-32(31)33)41-36-18-8-6-16-34(36)40(35-17-7-9-19-37(35)41)30-23-21-29(22-24-30)39-20-10-11-27-42-39/h1-4,6-14,16-23,25-26,30,42H,5,15,24,27H2. The van der Waals surface area contributed by atoms with Crippen LogP contribution >= 0.6 is 0 Å². The second kappa shape index (κ2) is 10.5. The monoisotopic (exact) mass is 539 g/mol. The Bertz CT molecular complexity index is 1940. The molecule has 1 aliphatic heterocycles. The Kier molecular flexibility index (Phi) is 6.22. The van der Waals surface area contributed by atoms with Gasteiger partial charge in [0.15, 0.2) is 0 Å². The highest BCUT2D eigenvalue weighted by Gasteiger charge is 2.24. The summed E-state index contributed by atoms with van der Waals surface area (Å²) in [6.45, 7) is 0.892. The number of rotatable bonds is 4. The minimum atomic E-state index is 0.328. The molecule has 0 bridgehead atoms. The predicted molar refractivity (Wildman–Crippen MR) is 179 cm³/mol. The quantitative estimate of drug-likeness (QED) is 0.224. The first-order valence-electron chi connectivity index (χ1n) is 15.2. The van der Waals surface area contributed by atoms with E-state index in [2.05, 4.69) is 145 Å². The summed E-state index contributed by atoms with van der Waals surface area (Å²) in [5.74, 6) is 0.328. The van der Waals surface area contributed by atoms with E-state index in [-0.39, 0.29) is 0 Å². The first-order chi connectivity index (χ1) is 20.9. The topological polar surface area (TPSA) is 12.0 Å². The molecule has 0 aromatic heterocycles. The molecule has 5 aromatic rings. The summed E-state index contributed by atoms with van der Waals surface area (Å²) in [5.41, 5.74) is 12.1. The lowest BCUT2D eigenvalue weighted by molar-refractivity contribution is 0.843. The summed E-state index contributed by atoms with van der Waals surface area (Å²) in [6.07, 6.45) is 21.4. The Morgan fingerprint density at radius 1 is 0.667 bits per heavy atom. The van der Waals surface area contributed by atoms with Crippen LogP contribution in [0, 0.1) is 0 Å². The van der Waals surface area contributed by atoms with E-state index in [4.69, 9.17) is 0 Å². The second-order valence-corrected chi connectivity index (χ2v) is 11.5. The molecule has 0 saturated carbocycles. The van der Waals surface area contributed by atoms with Crippen molar-refractivity contribution in [2.75, 3.05) is 6.54 Å². The number of allylic oxidation sites excluding steroid dienone is 6. The van der Waals surface area contributed by atoms with Crippen LogP contribution in [0.5, 0.6) is 0 Å². The largest absolute Gasteiger partial charge is 0.381 e. The van der Waals surface area contributed by atoms with E-state index >= 15 is 0 Å². The molecule has 0 saturated heterocycles. The van der Waals surface area contributed by atoms with Crippen LogP contribution in [0.1, 0.15) is 35.4 Å². The number of hydrogen-bond acceptors (Lipinski definition) is 1. The van der Waals surface area contributed by atoms with Crippen molar-refractivity contribution in [1.29, 1.82) is 0 Å². The van der Waals surface area contributed by atoms with Crippen LogP contribution in [-0.2, 0) is 6.42 Å². The smallest absolute Gasteiger partial charge is 0.0412 e. The van der Waals surface area contributed by atoms with E-state index in [0.717, 1.165) is 25.8 Å². The highest BCUT2D eigenvalue weighted by molar-refractivity contribution is 6.16. The van der Waals surface area contributed by atoms with E-state index in [0.29, 0.717) is 5.92 Å². The maximum atomic E-state index is 3.52. The average Bonchev–Trinajstić information content (AvgIpc) is 3.08. The van der Waals surface area contributed by atoms with Gasteiger partial charge >= 0.3 is 0 Å². The number of dihydropyridines is 1. The van der Waals surface area contributed by atoms with Crippen LogP contribution < -0.4 is 5.32 Å². The van der Waals surface area contributed by atoms with Crippen molar-refractivity contribution in [2.24, 2.45) is 0 Å². The van der Waals surface area contributed by atoms with Crippen LogP contribution in [0.4, 0.5) is 0 Å². The van der Waals surface area contributed by atoms with E-state index in [1.807, 2.05) is 0 Å². The van der Waals surface area contributed by atoms with E-state index in [1.165, 1.54) is 71.8 Å². The van der Waals surface area contributed by atoms with Gasteiger partial charge in [-0.15, -0.1) is 0 Å². The Morgan fingerprint density at radius 3 is 2.07 bits per heavy atom. The highest BCUT2D eigenvalue weighted by Crippen LogP contribution is 2.47. The number of fused-ring (bicyclic) bond motifs is 3. The predicted octanol–water partition coefficient (Wildman–Crippen LogP) is 10.3. The molecule has 5 aromatic carbocycles. The maximum Gasteiger partial charge on any atom is 0.0412 e. The van der Waals surface area contributed by atoms with E-state index < -0.39 is 0 Å². The Morgan fingerprint density at radius 2 is 1.38 bits per heavy atom. The molecule has 0 spiro atoms. The van der Waals surface area contributed by atoms with Gasteiger partial charge in [-0.2, -0.15) is 0 Å². The fourth-order valence-electron chi connectivity index (χ4n) is 7.20. The van der Waals surface area contributed by atoms with Gasteiger partial charge in [0.1, 0.15) is 0 Å². The zero-order valence-electron chi connectivity index (χ0n) is 23.7. The van der Waals surface area contributed by atoms with Crippen molar-refractivity contribution in [3.63, 3.8) is 0 Å². The zero-order chi connectivity index (χ0) is 27.9. The fourth-order valence-corrected chi connectivity index (χ4v) is 7.20. The maximum absolute atomic E-state index is 3.52. The van der Waals surface area contributed by atoms with Gasteiger partial charge < -0.3 is 5.32 Å². The van der Waals surface area contributed by atoms with Gasteiger partial charge in [0, 0.05) is 18.2 Å². The molecule has 1 heteroatoms. The zero-order valence-corrected chi connectivity index (χ0v) is 23.7. The molecule has 8 rings (SSSR count). The Hall–Kier alpha value is -4.88. The fraction of sp³-hybridized carbons (Fsp3) is 0.122. The molecular formula is C41H33N. The molecule has 1 N–H and O–H groups in total. The van der Waals surface area contributed by atoms with Gasteiger partial charge in [-0.3, -0.25) is 0 Å². The molecule has 0 radical (unpaired) electrons. The molecule has 1 atom stereocenters. The number of benzene rings is 5. The van der Waals surface area contributed by atoms with Crippen molar-refractivity contribution in [2.45, 2.75) is 25.2 Å². The van der Waals surface area contributed by atoms with Crippen molar-refractivity contribution >= 4 is 27.6 Å². The van der Waals surface area contributed by atoms with Crippen molar-refractivity contribution < 1.29 is 0 Å². The summed E-state index contributed by atoms with van der Waals surface area (Å²) in [5, 5.41) is 8.94. The SMILES string of the molecule is C1=CCNC(C2=CCC(c3c4ccccc4c(-c4ccc(-c5ccccc5)c5c4CCC=C5)c4ccccc34)C=C2)=C1. The summed E-state index contributed by atoms with van der Waals surface area (Å²) >= 11 is 0. The van der Waals surface area contributed by atoms with Gasteiger partial charge in [-0.05, 0) is 91.4 Å². The first kappa shape index (κ1) is 24.9. The molecule has 2 aliphatic carbocycles. The summed E-state index contributed by atoms with van der Waals surface area (Å²) in [6, 6.07) is 33.8. The minimum absolute atomic E-state index is 0.328. The highest BCUT2D eigenvalue weighted by atomic mass is 14.9. The normalized spacial score (nSPS) is 17.6. The van der Waals surface area contributed by atoms with Crippen molar-refractivity contribution in [3.8, 4) is 22.3 Å². The van der Waals surface area contributed by atoms with Gasteiger partial charge in [0.05, 0.1) is 0 Å². The van der Waals surface area contributed by atoms with Gasteiger partial charge in [0.2, 0.25) is 0 Å². The molecule has 1 unspecified atom stereocenters. The van der Waals surface area contributed by atoms with Crippen LogP contribution in [0.2, 0.25) is 0 Å². The average molecular weight is 540 g/mol. The van der Waals surface area contributed by atoms with Crippen LogP contribution in [-0.4, -0.2) is 6.54 Å². The first-order valence-corrected chi connectivity index (χ1v) is 15.2. The van der Waals surface area contributed by atoms with Gasteiger partial charge in [0.25, 0.3) is 0 Å². The third-order valence-electron chi connectivity index (χ3n) is 9.12. The summed E-state index contributed by atoms with van der Waals surface area (Å²) in [4.78, 5) is 0. The Labute approximate surface area is 247 Å². The molecule has 42 heavy (non-hydrogen) atoms. The van der Waals surface area contributed by atoms with E-state index in [9.17, 15) is 0 Å². The third kappa shape index (κ3) is 4.16.